The van der Waals surface area contributed by atoms with Gasteiger partial charge in [-0.05, 0) is 42.5 Å². The van der Waals surface area contributed by atoms with Gasteiger partial charge < -0.3 is 10.1 Å². The summed E-state index contributed by atoms with van der Waals surface area (Å²) in [6.07, 6.45) is 7.36. The smallest absolute Gasteiger partial charge is 0.228 e. The molecule has 4 rings (SSSR count). The molecule has 4 heteroatoms. The normalized spacial score (nSPS) is 21.9. The minimum atomic E-state index is -0.0201. The summed E-state index contributed by atoms with van der Waals surface area (Å²) in [5.74, 6) is 1.08. The highest BCUT2D eigenvalue weighted by Gasteiger charge is 2.45. The molecule has 1 spiro atoms. The molecule has 0 bridgehead atoms. The van der Waals surface area contributed by atoms with Crippen LogP contribution in [-0.2, 0) is 4.79 Å². The number of ether oxygens (including phenoxy) is 1. The molecule has 2 fully saturated rings. The van der Waals surface area contributed by atoms with Crippen molar-refractivity contribution in [1.29, 1.82) is 0 Å². The van der Waals surface area contributed by atoms with Gasteiger partial charge in [-0.15, -0.1) is 0 Å². The Hall–Kier alpha value is -2.59. The fourth-order valence-corrected chi connectivity index (χ4v) is 4.38. The van der Waals surface area contributed by atoms with Gasteiger partial charge in [-0.1, -0.05) is 54.6 Å². The molecule has 2 aromatic rings. The van der Waals surface area contributed by atoms with Crippen LogP contribution in [0.15, 0.2) is 60.7 Å². The lowest BCUT2D eigenvalue weighted by Gasteiger charge is -2.39. The molecule has 1 amide bonds. The quantitative estimate of drug-likeness (QED) is 0.862. The largest absolute Gasteiger partial charge is 0.497 e. The maximum absolute atomic E-state index is 12.6. The van der Waals surface area contributed by atoms with Gasteiger partial charge in [0.1, 0.15) is 5.75 Å². The average molecular weight is 376 g/mol. The first-order valence-electron chi connectivity index (χ1n) is 10.1. The molecule has 0 saturated carbocycles. The molecule has 0 radical (unpaired) electrons. The Morgan fingerprint density at radius 1 is 1.11 bits per heavy atom. The highest BCUT2D eigenvalue weighted by Crippen LogP contribution is 2.39. The SMILES string of the molecule is COc1ccc(/C=C/CN2CCC3(CC2)CC(c2ccccc2)C(=O)N3)cc1. The first kappa shape index (κ1) is 18.8. The number of amides is 1. The Bertz CT molecular complexity index is 821. The van der Waals surface area contributed by atoms with Crippen LogP contribution in [0.4, 0.5) is 0 Å². The molecule has 146 valence electrons. The number of benzene rings is 2. The van der Waals surface area contributed by atoms with E-state index in [9.17, 15) is 4.79 Å². The van der Waals surface area contributed by atoms with Crippen LogP contribution in [0.2, 0.25) is 0 Å². The van der Waals surface area contributed by atoms with Crippen LogP contribution in [0, 0.1) is 0 Å². The van der Waals surface area contributed by atoms with Gasteiger partial charge in [0.05, 0.1) is 13.0 Å². The monoisotopic (exact) mass is 376 g/mol. The Kier molecular flexibility index (Phi) is 5.49. The van der Waals surface area contributed by atoms with E-state index in [-0.39, 0.29) is 17.4 Å². The van der Waals surface area contributed by atoms with Crippen molar-refractivity contribution < 1.29 is 9.53 Å². The number of methoxy groups -OCH3 is 1. The predicted molar refractivity (Wildman–Crippen MR) is 112 cm³/mol. The third-order valence-corrected chi connectivity index (χ3v) is 6.10. The van der Waals surface area contributed by atoms with Crippen LogP contribution in [0.3, 0.4) is 0 Å². The van der Waals surface area contributed by atoms with Gasteiger partial charge in [-0.3, -0.25) is 9.69 Å². The van der Waals surface area contributed by atoms with Crippen molar-refractivity contribution >= 4 is 12.0 Å². The zero-order valence-electron chi connectivity index (χ0n) is 16.4. The van der Waals surface area contributed by atoms with Crippen LogP contribution in [0.25, 0.3) is 6.08 Å². The van der Waals surface area contributed by atoms with Crippen LogP contribution in [0.1, 0.15) is 36.3 Å². The van der Waals surface area contributed by atoms with Crippen LogP contribution < -0.4 is 10.1 Å². The first-order valence-corrected chi connectivity index (χ1v) is 10.1. The highest BCUT2D eigenvalue weighted by atomic mass is 16.5. The molecule has 2 aliphatic heterocycles. The fourth-order valence-electron chi connectivity index (χ4n) is 4.38. The fraction of sp³-hybridized carbons (Fsp3) is 0.375. The predicted octanol–water partition coefficient (Wildman–Crippen LogP) is 3.85. The molecular weight excluding hydrogens is 348 g/mol. The van der Waals surface area contributed by atoms with E-state index >= 15 is 0 Å². The van der Waals surface area contributed by atoms with E-state index in [1.54, 1.807) is 7.11 Å². The highest BCUT2D eigenvalue weighted by molar-refractivity contribution is 5.87. The second kappa shape index (κ2) is 8.19. The van der Waals surface area contributed by atoms with E-state index in [2.05, 4.69) is 46.6 Å². The number of hydrogen-bond donors (Lipinski definition) is 1. The van der Waals surface area contributed by atoms with Crippen molar-refractivity contribution in [1.82, 2.24) is 10.2 Å². The molecule has 2 aliphatic rings. The van der Waals surface area contributed by atoms with Crippen molar-refractivity contribution in [2.75, 3.05) is 26.7 Å². The van der Waals surface area contributed by atoms with E-state index in [4.69, 9.17) is 4.74 Å². The summed E-state index contributed by atoms with van der Waals surface area (Å²) < 4.78 is 5.20. The van der Waals surface area contributed by atoms with Crippen molar-refractivity contribution in [3.05, 3.63) is 71.8 Å². The van der Waals surface area contributed by atoms with E-state index in [0.717, 1.165) is 50.2 Å². The number of carbonyl (C=O) groups is 1. The van der Waals surface area contributed by atoms with Gasteiger partial charge in [0.2, 0.25) is 5.91 Å². The number of carbonyl (C=O) groups excluding carboxylic acids is 1. The van der Waals surface area contributed by atoms with Gasteiger partial charge >= 0.3 is 0 Å². The van der Waals surface area contributed by atoms with Crippen molar-refractivity contribution in [3.8, 4) is 5.75 Å². The summed E-state index contributed by atoms with van der Waals surface area (Å²) in [5.41, 5.74) is 2.30. The zero-order valence-corrected chi connectivity index (χ0v) is 16.4. The van der Waals surface area contributed by atoms with E-state index in [1.807, 2.05) is 30.3 Å². The molecule has 1 N–H and O–H groups in total. The third-order valence-electron chi connectivity index (χ3n) is 6.10. The number of rotatable bonds is 5. The zero-order chi connectivity index (χ0) is 19.4. The topological polar surface area (TPSA) is 41.6 Å². The first-order chi connectivity index (χ1) is 13.7. The van der Waals surface area contributed by atoms with Crippen molar-refractivity contribution in [2.24, 2.45) is 0 Å². The van der Waals surface area contributed by atoms with Crippen LogP contribution >= 0.6 is 0 Å². The summed E-state index contributed by atoms with van der Waals surface area (Å²) in [6, 6.07) is 18.3. The summed E-state index contributed by atoms with van der Waals surface area (Å²) in [4.78, 5) is 15.0. The molecular formula is C24H28N2O2. The molecule has 1 atom stereocenters. The number of nitrogens with zero attached hydrogens (tertiary/aromatic N) is 1. The lowest BCUT2D eigenvalue weighted by molar-refractivity contribution is -0.121. The molecule has 1 unspecified atom stereocenters. The van der Waals surface area contributed by atoms with Gasteiger partial charge in [0.15, 0.2) is 0 Å². The Morgan fingerprint density at radius 3 is 2.50 bits per heavy atom. The molecule has 2 saturated heterocycles. The second-order valence-electron chi connectivity index (χ2n) is 7.91. The molecule has 4 nitrogen and oxygen atoms in total. The summed E-state index contributed by atoms with van der Waals surface area (Å²) in [5, 5.41) is 3.34. The number of hydrogen-bond acceptors (Lipinski definition) is 3. The van der Waals surface area contributed by atoms with Crippen molar-refractivity contribution in [3.63, 3.8) is 0 Å². The standard InChI is InChI=1S/C24H28N2O2/c1-28-21-11-9-19(10-12-21)6-5-15-26-16-13-24(14-17-26)18-22(23(27)25-24)20-7-3-2-4-8-20/h2-12,22H,13-18H2,1H3,(H,25,27)/b6-5+. The molecule has 0 aromatic heterocycles. The maximum Gasteiger partial charge on any atom is 0.228 e. The van der Waals surface area contributed by atoms with Gasteiger partial charge in [0, 0.05) is 25.2 Å². The molecule has 2 heterocycles. The summed E-state index contributed by atoms with van der Waals surface area (Å²) in [7, 11) is 1.68. The minimum Gasteiger partial charge on any atom is -0.497 e. The molecule has 28 heavy (non-hydrogen) atoms. The summed E-state index contributed by atoms with van der Waals surface area (Å²) in [6.45, 7) is 2.99. The Morgan fingerprint density at radius 2 is 1.82 bits per heavy atom. The third kappa shape index (κ3) is 4.12. The minimum absolute atomic E-state index is 0.00252. The van der Waals surface area contributed by atoms with Crippen LogP contribution in [-0.4, -0.2) is 43.1 Å². The van der Waals surface area contributed by atoms with E-state index < -0.39 is 0 Å². The maximum atomic E-state index is 12.6. The number of likely N-dealkylation sites (tertiary alicyclic amines) is 1. The summed E-state index contributed by atoms with van der Waals surface area (Å²) >= 11 is 0. The van der Waals surface area contributed by atoms with Gasteiger partial charge in [0.25, 0.3) is 0 Å². The second-order valence-corrected chi connectivity index (χ2v) is 7.91. The lowest BCUT2D eigenvalue weighted by Crippen LogP contribution is -2.50. The van der Waals surface area contributed by atoms with E-state index in [1.165, 1.54) is 5.56 Å². The Balaban J connectivity index is 1.29. The van der Waals surface area contributed by atoms with Crippen molar-refractivity contribution in [2.45, 2.75) is 30.7 Å². The Labute approximate surface area is 167 Å². The van der Waals surface area contributed by atoms with Gasteiger partial charge in [-0.2, -0.15) is 0 Å². The van der Waals surface area contributed by atoms with E-state index in [0.29, 0.717) is 0 Å². The molecule has 0 aliphatic carbocycles. The van der Waals surface area contributed by atoms with Crippen LogP contribution in [0.5, 0.6) is 5.75 Å². The molecule has 2 aromatic carbocycles. The number of piperidine rings is 1. The average Bonchev–Trinajstić information content (AvgIpc) is 3.06. The lowest BCUT2D eigenvalue weighted by atomic mass is 9.82. The van der Waals surface area contributed by atoms with Gasteiger partial charge in [-0.25, -0.2) is 0 Å². The number of nitrogens with one attached hydrogen (secondary N) is 1.